The molecule has 3 aromatic rings. The Labute approximate surface area is 139 Å². The van der Waals surface area contributed by atoms with Crippen LogP contribution in [0.25, 0.3) is 28.6 Å². The molecule has 24 heavy (non-hydrogen) atoms. The van der Waals surface area contributed by atoms with Crippen LogP contribution in [0.2, 0.25) is 0 Å². The normalized spacial score (nSPS) is 13.0. The molecule has 0 saturated heterocycles. The highest BCUT2D eigenvalue weighted by Gasteiger charge is 2.09. The molecule has 0 radical (unpaired) electrons. The van der Waals surface area contributed by atoms with E-state index in [4.69, 9.17) is 0 Å². The summed E-state index contributed by atoms with van der Waals surface area (Å²) in [6.45, 7) is 0.681. The number of hydrogen-bond donors (Lipinski definition) is 0. The van der Waals surface area contributed by atoms with Crippen LogP contribution in [0.5, 0.6) is 0 Å². The summed E-state index contributed by atoms with van der Waals surface area (Å²) in [4.78, 5) is 11.1. The van der Waals surface area contributed by atoms with E-state index in [1.807, 2.05) is 25.2 Å². The molecule has 0 atom stereocenters. The Morgan fingerprint density at radius 2 is 1.79 bits per heavy atom. The molecule has 0 spiro atoms. The highest BCUT2D eigenvalue weighted by molar-refractivity contribution is 5.80. The number of halogens is 1. The van der Waals surface area contributed by atoms with Crippen LogP contribution in [-0.4, -0.2) is 23.6 Å². The predicted octanol–water partition coefficient (Wildman–Crippen LogP) is 2.82. The maximum Gasteiger partial charge on any atom is 0.123 e. The van der Waals surface area contributed by atoms with Gasteiger partial charge in [-0.3, -0.25) is 9.98 Å². The van der Waals surface area contributed by atoms with Crippen molar-refractivity contribution < 1.29 is 4.39 Å². The van der Waals surface area contributed by atoms with Gasteiger partial charge in [0.25, 0.3) is 0 Å². The molecule has 0 fully saturated rings. The first-order chi connectivity index (χ1) is 11.7. The van der Waals surface area contributed by atoms with E-state index in [1.54, 1.807) is 18.3 Å². The maximum absolute atomic E-state index is 13.2. The second-order valence-electron chi connectivity index (χ2n) is 5.87. The third-order valence-electron chi connectivity index (χ3n) is 4.09. The zero-order valence-corrected chi connectivity index (χ0v) is 13.3. The summed E-state index contributed by atoms with van der Waals surface area (Å²) in [5.74, 6) is -0.246. The summed E-state index contributed by atoms with van der Waals surface area (Å²) in [5.41, 5.74) is 3.84. The van der Waals surface area contributed by atoms with E-state index in [-0.39, 0.29) is 5.82 Å². The van der Waals surface area contributed by atoms with E-state index in [2.05, 4.69) is 33.2 Å². The number of rotatable bonds is 2. The van der Waals surface area contributed by atoms with Crippen molar-refractivity contribution in [3.63, 3.8) is 0 Å². The second kappa shape index (κ2) is 5.89. The largest absolute Gasteiger partial charge is 0.361 e. The van der Waals surface area contributed by atoms with E-state index in [1.165, 1.54) is 12.1 Å². The molecule has 1 aromatic heterocycles. The fourth-order valence-electron chi connectivity index (χ4n) is 2.91. The minimum Gasteiger partial charge on any atom is -0.361 e. The molecule has 0 amide bonds. The van der Waals surface area contributed by atoms with Crippen molar-refractivity contribution in [2.24, 2.45) is 4.99 Å². The molecular formula is C20H16FN3. The van der Waals surface area contributed by atoms with E-state index in [9.17, 15) is 4.39 Å². The van der Waals surface area contributed by atoms with Crippen molar-refractivity contribution in [2.45, 2.75) is 0 Å². The summed E-state index contributed by atoms with van der Waals surface area (Å²) >= 11 is 0. The van der Waals surface area contributed by atoms with Crippen LogP contribution < -0.4 is 10.6 Å². The number of fused-ring (bicyclic) bond motifs is 1. The molecule has 0 unspecified atom stereocenters. The molecular weight excluding hydrogens is 301 g/mol. The highest BCUT2D eigenvalue weighted by Crippen LogP contribution is 2.29. The number of hydrogen-bond acceptors (Lipinski definition) is 3. The molecule has 0 N–H and O–H groups in total. The van der Waals surface area contributed by atoms with Crippen molar-refractivity contribution in [1.82, 2.24) is 9.88 Å². The molecule has 2 aromatic carbocycles. The zero-order chi connectivity index (χ0) is 16.5. The highest BCUT2D eigenvalue weighted by atomic mass is 19.1. The first-order valence-electron chi connectivity index (χ1n) is 7.79. The van der Waals surface area contributed by atoms with Crippen LogP contribution >= 0.6 is 0 Å². The van der Waals surface area contributed by atoms with Crippen molar-refractivity contribution in [3.8, 4) is 22.4 Å². The topological polar surface area (TPSA) is 28.5 Å². The van der Waals surface area contributed by atoms with Gasteiger partial charge in [-0.1, -0.05) is 12.1 Å². The fraction of sp³-hybridized carbons (Fsp3) is 0.100. The van der Waals surface area contributed by atoms with Gasteiger partial charge < -0.3 is 4.90 Å². The van der Waals surface area contributed by atoms with Gasteiger partial charge in [0.2, 0.25) is 0 Å². The lowest BCUT2D eigenvalue weighted by atomic mass is 9.98. The van der Waals surface area contributed by atoms with Gasteiger partial charge in [0, 0.05) is 35.8 Å². The van der Waals surface area contributed by atoms with E-state index < -0.39 is 0 Å². The number of nitrogens with zero attached hydrogens (tertiary/aromatic N) is 3. The Balaban J connectivity index is 1.88. The van der Waals surface area contributed by atoms with Crippen molar-refractivity contribution in [1.29, 1.82) is 0 Å². The number of pyridine rings is 1. The molecule has 0 saturated carbocycles. The smallest absolute Gasteiger partial charge is 0.123 e. The third-order valence-corrected chi connectivity index (χ3v) is 4.09. The molecule has 0 bridgehead atoms. The lowest BCUT2D eigenvalue weighted by Crippen LogP contribution is -2.34. The molecule has 3 nitrogen and oxygen atoms in total. The quantitative estimate of drug-likeness (QED) is 0.727. The van der Waals surface area contributed by atoms with Gasteiger partial charge in [-0.05, 0) is 48.0 Å². The first-order valence-corrected chi connectivity index (χ1v) is 7.79. The van der Waals surface area contributed by atoms with Gasteiger partial charge >= 0.3 is 0 Å². The van der Waals surface area contributed by atoms with Gasteiger partial charge in [-0.15, -0.1) is 0 Å². The second-order valence-corrected chi connectivity index (χ2v) is 5.87. The van der Waals surface area contributed by atoms with Crippen LogP contribution in [0.1, 0.15) is 0 Å². The van der Waals surface area contributed by atoms with E-state index in [0.29, 0.717) is 6.67 Å². The molecule has 1 aliphatic heterocycles. The van der Waals surface area contributed by atoms with Crippen molar-refractivity contribution in [2.75, 3.05) is 13.7 Å². The Bertz CT molecular complexity index is 1010. The Hall–Kier alpha value is -3.01. The van der Waals surface area contributed by atoms with Gasteiger partial charge in [0.15, 0.2) is 0 Å². The minimum atomic E-state index is -0.246. The lowest BCUT2D eigenvalue weighted by Gasteiger charge is -2.15. The molecule has 4 heteroatoms. The Morgan fingerprint density at radius 3 is 2.62 bits per heavy atom. The minimum absolute atomic E-state index is 0.246. The lowest BCUT2D eigenvalue weighted by molar-refractivity contribution is 0.498. The van der Waals surface area contributed by atoms with Crippen molar-refractivity contribution in [3.05, 3.63) is 77.2 Å². The maximum atomic E-state index is 13.2. The molecule has 1 aliphatic rings. The van der Waals surface area contributed by atoms with Crippen LogP contribution in [0.4, 0.5) is 4.39 Å². The average Bonchev–Trinajstić information content (AvgIpc) is 2.62. The SMILES string of the molecule is CN1C=c2cc(-c3cccnc3-c3ccc(F)cc3)ccc2=NC1. The molecule has 0 aliphatic carbocycles. The summed E-state index contributed by atoms with van der Waals surface area (Å²) in [7, 11) is 2.01. The van der Waals surface area contributed by atoms with Gasteiger partial charge in [-0.25, -0.2) is 4.39 Å². The molecule has 2 heterocycles. The molecule has 118 valence electrons. The van der Waals surface area contributed by atoms with Crippen LogP contribution in [0.3, 0.4) is 0 Å². The molecule has 4 rings (SSSR count). The Morgan fingerprint density at radius 1 is 1.00 bits per heavy atom. The first kappa shape index (κ1) is 14.6. The van der Waals surface area contributed by atoms with Crippen LogP contribution in [0, 0.1) is 5.82 Å². The summed E-state index contributed by atoms with van der Waals surface area (Å²) in [6, 6.07) is 16.6. The number of benzene rings is 2. The summed E-state index contributed by atoms with van der Waals surface area (Å²) < 4.78 is 13.2. The van der Waals surface area contributed by atoms with Crippen molar-refractivity contribution >= 4 is 6.20 Å². The summed E-state index contributed by atoms with van der Waals surface area (Å²) in [6.07, 6.45) is 3.86. The van der Waals surface area contributed by atoms with Crippen LogP contribution in [-0.2, 0) is 0 Å². The third kappa shape index (κ3) is 2.67. The zero-order valence-electron chi connectivity index (χ0n) is 13.3. The standard InChI is InChI=1S/C20H16FN3/c1-24-12-16-11-15(6-9-19(16)23-13-24)18-3-2-10-22-20(18)14-4-7-17(21)8-5-14/h2-12H,13H2,1H3. The van der Waals surface area contributed by atoms with Gasteiger partial charge in [-0.2, -0.15) is 0 Å². The summed E-state index contributed by atoms with van der Waals surface area (Å²) in [5, 5.41) is 2.10. The average molecular weight is 317 g/mol. The van der Waals surface area contributed by atoms with E-state index in [0.717, 1.165) is 33.0 Å². The van der Waals surface area contributed by atoms with Gasteiger partial charge in [0.1, 0.15) is 12.5 Å². The fourth-order valence-corrected chi connectivity index (χ4v) is 2.91. The van der Waals surface area contributed by atoms with Crippen LogP contribution in [0.15, 0.2) is 65.8 Å². The monoisotopic (exact) mass is 317 g/mol. The predicted molar refractivity (Wildman–Crippen MR) is 92.9 cm³/mol. The Kier molecular flexibility index (Phi) is 3.58. The van der Waals surface area contributed by atoms with Gasteiger partial charge in [0.05, 0.1) is 11.1 Å². The number of aromatic nitrogens is 1. The van der Waals surface area contributed by atoms with E-state index >= 15 is 0 Å².